The number of ether oxygens (including phenoxy) is 2. The summed E-state index contributed by atoms with van der Waals surface area (Å²) in [6, 6.07) is 15.3. The van der Waals surface area contributed by atoms with Gasteiger partial charge in [0.15, 0.2) is 0 Å². The summed E-state index contributed by atoms with van der Waals surface area (Å²) in [5.41, 5.74) is 2.52. The maximum atomic E-state index is 5.42. The fourth-order valence-electron chi connectivity index (χ4n) is 2.33. The first-order valence-electron chi connectivity index (χ1n) is 9.08. The van der Waals surface area contributed by atoms with E-state index in [2.05, 4.69) is 33.6 Å². The van der Waals surface area contributed by atoms with Gasteiger partial charge in [0.2, 0.25) is 5.82 Å². The number of rotatable bonds is 4. The van der Waals surface area contributed by atoms with Crippen molar-refractivity contribution in [2.45, 2.75) is 13.8 Å². The molecule has 4 nitrogen and oxygen atoms in total. The molecule has 1 heterocycles. The summed E-state index contributed by atoms with van der Waals surface area (Å²) in [6.45, 7) is 5.21. The predicted molar refractivity (Wildman–Crippen MR) is 109 cm³/mol. The number of hydrogen-bond donors (Lipinski definition) is 0. The molecule has 0 radical (unpaired) electrons. The maximum Gasteiger partial charge on any atom is 0.205 e. The molecule has 0 spiro atoms. The summed E-state index contributed by atoms with van der Waals surface area (Å²) in [5.74, 6) is 14.3. The Labute approximate surface area is 165 Å². The Hall–Kier alpha value is -3.76. The summed E-state index contributed by atoms with van der Waals surface area (Å²) in [5, 5.41) is 0. The number of nitrogens with zero attached hydrogens (tertiary/aromatic N) is 2. The van der Waals surface area contributed by atoms with Gasteiger partial charge in [0.05, 0.1) is 18.8 Å². The van der Waals surface area contributed by atoms with Gasteiger partial charge in [0, 0.05) is 23.5 Å². The molecule has 0 saturated carbocycles. The first-order chi connectivity index (χ1) is 13.8. The third-order valence-corrected chi connectivity index (χ3v) is 3.65. The van der Waals surface area contributed by atoms with Crippen LogP contribution in [-0.2, 0) is 0 Å². The third kappa shape index (κ3) is 5.62. The summed E-state index contributed by atoms with van der Waals surface area (Å²) in [4.78, 5) is 8.52. The lowest BCUT2D eigenvalue weighted by molar-refractivity contribution is 0.340. The highest BCUT2D eigenvalue weighted by Gasteiger charge is 1.95. The van der Waals surface area contributed by atoms with E-state index in [9.17, 15) is 0 Å². The Morgan fingerprint density at radius 2 is 1.04 bits per heavy atom. The van der Waals surface area contributed by atoms with Crippen LogP contribution in [0.5, 0.6) is 11.5 Å². The molecule has 0 amide bonds. The Morgan fingerprint density at radius 1 is 0.607 bits per heavy atom. The summed E-state index contributed by atoms with van der Waals surface area (Å²) in [7, 11) is 0. The molecule has 4 heteroatoms. The summed E-state index contributed by atoms with van der Waals surface area (Å²) >= 11 is 0. The van der Waals surface area contributed by atoms with Crippen LogP contribution in [0.25, 0.3) is 0 Å². The van der Waals surface area contributed by atoms with Crippen molar-refractivity contribution in [2.24, 2.45) is 0 Å². The lowest BCUT2D eigenvalue weighted by Crippen LogP contribution is -1.91. The van der Waals surface area contributed by atoms with E-state index in [0.29, 0.717) is 19.0 Å². The van der Waals surface area contributed by atoms with Gasteiger partial charge in [0.1, 0.15) is 11.5 Å². The zero-order valence-corrected chi connectivity index (χ0v) is 15.9. The van der Waals surface area contributed by atoms with E-state index < -0.39 is 0 Å². The molecule has 3 aromatic rings. The van der Waals surface area contributed by atoms with Crippen molar-refractivity contribution < 1.29 is 9.47 Å². The predicted octanol–water partition coefficient (Wildman–Crippen LogP) is 4.07. The smallest absolute Gasteiger partial charge is 0.205 e. The van der Waals surface area contributed by atoms with Crippen LogP contribution in [0, 0.1) is 23.7 Å². The van der Waals surface area contributed by atoms with Gasteiger partial charge < -0.3 is 9.47 Å². The zero-order valence-electron chi connectivity index (χ0n) is 15.9. The second kappa shape index (κ2) is 9.80. The second-order valence-electron chi connectivity index (χ2n) is 5.71. The third-order valence-electron chi connectivity index (χ3n) is 3.65. The number of hydrogen-bond acceptors (Lipinski definition) is 4. The highest BCUT2D eigenvalue weighted by atomic mass is 16.5. The highest BCUT2D eigenvalue weighted by molar-refractivity contribution is 5.44. The SMILES string of the molecule is CCOc1ccc(C#Cc2cnc(C#Cc3ccc(OCC)cc3)nc2)cc1. The highest BCUT2D eigenvalue weighted by Crippen LogP contribution is 2.12. The summed E-state index contributed by atoms with van der Waals surface area (Å²) < 4.78 is 10.8. The fourth-order valence-corrected chi connectivity index (χ4v) is 2.33. The lowest BCUT2D eigenvalue weighted by Gasteiger charge is -2.01. The van der Waals surface area contributed by atoms with Crippen LogP contribution in [0.4, 0.5) is 0 Å². The molecule has 138 valence electrons. The van der Waals surface area contributed by atoms with Gasteiger partial charge in [-0.05, 0) is 68.3 Å². The topological polar surface area (TPSA) is 44.2 Å². The number of benzene rings is 2. The van der Waals surface area contributed by atoms with Crippen molar-refractivity contribution in [3.63, 3.8) is 0 Å². The van der Waals surface area contributed by atoms with Crippen molar-refractivity contribution in [2.75, 3.05) is 13.2 Å². The Balaban J connectivity index is 1.64. The average Bonchev–Trinajstić information content (AvgIpc) is 2.74. The van der Waals surface area contributed by atoms with Crippen molar-refractivity contribution in [1.82, 2.24) is 9.97 Å². The van der Waals surface area contributed by atoms with E-state index in [-0.39, 0.29) is 0 Å². The molecule has 0 fully saturated rings. The van der Waals surface area contributed by atoms with E-state index in [0.717, 1.165) is 28.2 Å². The van der Waals surface area contributed by atoms with Crippen LogP contribution >= 0.6 is 0 Å². The molecular weight excluding hydrogens is 348 g/mol. The fraction of sp³-hybridized carbons (Fsp3) is 0.167. The van der Waals surface area contributed by atoms with E-state index in [1.807, 2.05) is 62.4 Å². The minimum atomic E-state index is 0.459. The minimum absolute atomic E-state index is 0.459. The van der Waals surface area contributed by atoms with Gasteiger partial charge in [-0.3, -0.25) is 0 Å². The van der Waals surface area contributed by atoms with Gasteiger partial charge in [-0.1, -0.05) is 17.8 Å². The second-order valence-corrected chi connectivity index (χ2v) is 5.71. The van der Waals surface area contributed by atoms with Crippen LogP contribution in [0.15, 0.2) is 60.9 Å². The van der Waals surface area contributed by atoms with Crippen LogP contribution in [0.3, 0.4) is 0 Å². The quantitative estimate of drug-likeness (QED) is 0.651. The summed E-state index contributed by atoms with van der Waals surface area (Å²) in [6.07, 6.45) is 3.35. The van der Waals surface area contributed by atoms with Crippen molar-refractivity contribution in [3.8, 4) is 35.2 Å². The molecule has 0 saturated heterocycles. The lowest BCUT2D eigenvalue weighted by atomic mass is 10.2. The van der Waals surface area contributed by atoms with Gasteiger partial charge in [-0.25, -0.2) is 9.97 Å². The van der Waals surface area contributed by atoms with Crippen molar-refractivity contribution in [3.05, 3.63) is 83.4 Å². The molecule has 0 aliphatic carbocycles. The van der Waals surface area contributed by atoms with E-state index in [1.54, 1.807) is 12.4 Å². The first kappa shape index (κ1) is 19.0. The molecule has 0 N–H and O–H groups in total. The first-order valence-corrected chi connectivity index (χ1v) is 9.08. The maximum absolute atomic E-state index is 5.42. The Morgan fingerprint density at radius 3 is 1.50 bits per heavy atom. The van der Waals surface area contributed by atoms with Crippen LogP contribution in [0.2, 0.25) is 0 Å². The van der Waals surface area contributed by atoms with E-state index in [4.69, 9.17) is 9.47 Å². The monoisotopic (exact) mass is 368 g/mol. The van der Waals surface area contributed by atoms with Crippen molar-refractivity contribution in [1.29, 1.82) is 0 Å². The van der Waals surface area contributed by atoms with Crippen LogP contribution in [0.1, 0.15) is 36.4 Å². The molecule has 0 unspecified atom stereocenters. The van der Waals surface area contributed by atoms with E-state index >= 15 is 0 Å². The molecule has 2 aromatic carbocycles. The van der Waals surface area contributed by atoms with Crippen LogP contribution < -0.4 is 9.47 Å². The Kier molecular flexibility index (Phi) is 6.66. The molecular formula is C24H20N2O2. The normalized spacial score (nSPS) is 9.50. The van der Waals surface area contributed by atoms with Crippen molar-refractivity contribution >= 4 is 0 Å². The van der Waals surface area contributed by atoms with E-state index in [1.165, 1.54) is 0 Å². The molecule has 3 rings (SSSR count). The van der Waals surface area contributed by atoms with Crippen LogP contribution in [-0.4, -0.2) is 23.2 Å². The standard InChI is InChI=1S/C24H20N2O2/c1-3-27-22-12-7-19(8-13-22)5-6-21-17-25-24(26-18-21)16-11-20-9-14-23(15-10-20)28-4-2/h7-10,12-15,17-18H,3-4H2,1-2H3. The number of aromatic nitrogens is 2. The van der Waals surface area contributed by atoms with Gasteiger partial charge in [-0.2, -0.15) is 0 Å². The van der Waals surface area contributed by atoms with Gasteiger partial charge in [-0.15, -0.1) is 0 Å². The van der Waals surface area contributed by atoms with Gasteiger partial charge in [0.25, 0.3) is 0 Å². The zero-order chi connectivity index (χ0) is 19.6. The largest absolute Gasteiger partial charge is 0.494 e. The molecule has 1 aromatic heterocycles. The molecule has 0 aliphatic heterocycles. The molecule has 0 aliphatic rings. The molecule has 0 atom stereocenters. The average molecular weight is 368 g/mol. The minimum Gasteiger partial charge on any atom is -0.494 e. The molecule has 0 bridgehead atoms. The Bertz CT molecular complexity index is 930. The van der Waals surface area contributed by atoms with Gasteiger partial charge >= 0.3 is 0 Å². The molecule has 28 heavy (non-hydrogen) atoms.